The molecular weight excluding hydrogens is 358 g/mol. The number of aryl methyl sites for hydroxylation is 1. The summed E-state index contributed by atoms with van der Waals surface area (Å²) in [4.78, 5) is 10.2. The van der Waals surface area contributed by atoms with Crippen molar-refractivity contribution in [2.45, 2.75) is 50.0 Å². The van der Waals surface area contributed by atoms with Crippen molar-refractivity contribution in [2.75, 3.05) is 6.61 Å². The summed E-state index contributed by atoms with van der Waals surface area (Å²) in [7, 11) is -1.81. The van der Waals surface area contributed by atoms with Gasteiger partial charge in [-0.1, -0.05) is 6.92 Å². The molecule has 0 amide bonds. The number of nitrogens with one attached hydrogen (secondary N) is 1. The van der Waals surface area contributed by atoms with Crippen molar-refractivity contribution >= 4 is 16.7 Å². The minimum absolute atomic E-state index is 0.0404. The zero-order valence-electron chi connectivity index (χ0n) is 13.8. The van der Waals surface area contributed by atoms with Gasteiger partial charge in [0.2, 0.25) is 5.72 Å². The molecule has 0 spiro atoms. The molecule has 0 fully saturated rings. The number of hydrogen-bond acceptors (Lipinski definition) is 5. The highest BCUT2D eigenvalue weighted by molar-refractivity contribution is 7.83. The second-order valence-corrected chi connectivity index (χ2v) is 7.56. The van der Waals surface area contributed by atoms with Gasteiger partial charge in [0.25, 0.3) is 5.69 Å². The number of ether oxygens (including phenoxy) is 1. The first-order valence-electron chi connectivity index (χ1n) is 7.79. The Balaban J connectivity index is 2.39. The van der Waals surface area contributed by atoms with Crippen molar-refractivity contribution in [1.29, 1.82) is 0 Å². The average Bonchev–Trinajstić information content (AvgIpc) is 2.59. The van der Waals surface area contributed by atoms with Gasteiger partial charge < -0.3 is 9.84 Å². The molecule has 25 heavy (non-hydrogen) atoms. The first kappa shape index (κ1) is 19.7. The normalized spacial score (nSPS) is 22.6. The maximum Gasteiger partial charge on any atom is 0.323 e. The summed E-state index contributed by atoms with van der Waals surface area (Å²) in [6, 6.07) is 3.66. The molecule has 7 nitrogen and oxygen atoms in total. The molecule has 1 aromatic rings. The maximum atomic E-state index is 14.4. The summed E-state index contributed by atoms with van der Waals surface area (Å²) in [5.41, 5.74) is -2.10. The van der Waals surface area contributed by atoms with E-state index in [1.54, 1.807) is 13.8 Å². The van der Waals surface area contributed by atoms with Gasteiger partial charge in [-0.25, -0.2) is 4.21 Å². The molecular formula is C15H20F2N2O5S. The van der Waals surface area contributed by atoms with Crippen LogP contribution in [0.4, 0.5) is 14.5 Å². The van der Waals surface area contributed by atoms with E-state index in [2.05, 4.69) is 4.72 Å². The van der Waals surface area contributed by atoms with Crippen LogP contribution < -0.4 is 9.46 Å². The van der Waals surface area contributed by atoms with Crippen LogP contribution in [0.3, 0.4) is 0 Å². The summed E-state index contributed by atoms with van der Waals surface area (Å²) in [6.07, 6.45) is 0.261. The largest absolute Gasteiger partial charge is 0.465 e. The van der Waals surface area contributed by atoms with Crippen LogP contribution in [0.1, 0.15) is 32.3 Å². The van der Waals surface area contributed by atoms with Crippen LogP contribution in [0.5, 0.6) is 5.75 Å². The SMILES string of the molecule is CC[C@@H](C)S(=O)N[C@]1(C(F)(F)CO)CCc2cc([N+](=O)[O-])ccc2O1. The van der Waals surface area contributed by atoms with Crippen LogP contribution in [0.2, 0.25) is 0 Å². The number of hydrogen-bond donors (Lipinski definition) is 2. The highest BCUT2D eigenvalue weighted by Gasteiger charge is 2.58. The lowest BCUT2D eigenvalue weighted by molar-refractivity contribution is -0.385. The van der Waals surface area contributed by atoms with Gasteiger partial charge in [0.15, 0.2) is 0 Å². The molecule has 2 N–H and O–H groups in total. The number of alkyl halides is 2. The number of nitro benzene ring substituents is 1. The fraction of sp³-hybridized carbons (Fsp3) is 0.600. The van der Waals surface area contributed by atoms with E-state index in [0.717, 1.165) is 6.07 Å². The molecule has 2 rings (SSSR count). The van der Waals surface area contributed by atoms with E-state index in [1.165, 1.54) is 12.1 Å². The third-order valence-electron chi connectivity index (χ3n) is 4.28. The molecule has 1 aliphatic heterocycles. The van der Waals surface area contributed by atoms with Crippen molar-refractivity contribution in [1.82, 2.24) is 4.72 Å². The zero-order chi connectivity index (χ0) is 18.8. The summed E-state index contributed by atoms with van der Waals surface area (Å²) in [5.74, 6) is -3.66. The van der Waals surface area contributed by atoms with Gasteiger partial charge in [0.05, 0.1) is 15.9 Å². The van der Waals surface area contributed by atoms with E-state index in [9.17, 15) is 23.1 Å². The van der Waals surface area contributed by atoms with Gasteiger partial charge in [0, 0.05) is 29.4 Å². The molecule has 3 atom stereocenters. The van der Waals surface area contributed by atoms with Crippen LogP contribution in [-0.2, 0) is 17.4 Å². The lowest BCUT2D eigenvalue weighted by Crippen LogP contribution is -2.66. The van der Waals surface area contributed by atoms with Gasteiger partial charge in [-0.2, -0.15) is 13.5 Å². The number of aliphatic hydroxyl groups excluding tert-OH is 1. The second-order valence-electron chi connectivity index (χ2n) is 5.96. The second kappa shape index (κ2) is 7.30. The Bertz CT molecular complexity index is 688. The smallest absolute Gasteiger partial charge is 0.323 e. The van der Waals surface area contributed by atoms with Crippen LogP contribution in [-0.4, -0.2) is 37.7 Å². The fourth-order valence-corrected chi connectivity index (χ4v) is 3.59. The van der Waals surface area contributed by atoms with Gasteiger partial charge in [-0.3, -0.25) is 10.1 Å². The molecule has 1 unspecified atom stereocenters. The number of nitrogens with zero attached hydrogens (tertiary/aromatic N) is 1. The van der Waals surface area contributed by atoms with Crippen molar-refractivity contribution in [2.24, 2.45) is 0 Å². The van der Waals surface area contributed by atoms with Crippen LogP contribution in [0.25, 0.3) is 0 Å². The number of rotatable bonds is 7. The molecule has 1 aliphatic rings. The van der Waals surface area contributed by atoms with Crippen LogP contribution in [0, 0.1) is 10.1 Å². The van der Waals surface area contributed by atoms with E-state index in [4.69, 9.17) is 9.84 Å². The van der Waals surface area contributed by atoms with E-state index in [1.807, 2.05) is 0 Å². The topological polar surface area (TPSA) is 102 Å². The summed E-state index contributed by atoms with van der Waals surface area (Å²) >= 11 is 0. The molecule has 140 valence electrons. The van der Waals surface area contributed by atoms with Crippen molar-refractivity contribution in [3.05, 3.63) is 33.9 Å². The van der Waals surface area contributed by atoms with Gasteiger partial charge in [-0.05, 0) is 25.8 Å². The molecule has 0 aliphatic carbocycles. The highest BCUT2D eigenvalue weighted by Crippen LogP contribution is 2.42. The number of fused-ring (bicyclic) bond motifs is 1. The lowest BCUT2D eigenvalue weighted by Gasteiger charge is -2.43. The average molecular weight is 378 g/mol. The number of nitro groups is 1. The molecule has 0 bridgehead atoms. The fourth-order valence-electron chi connectivity index (χ4n) is 2.47. The summed E-state index contributed by atoms with van der Waals surface area (Å²) in [6.45, 7) is 1.94. The Morgan fingerprint density at radius 1 is 1.56 bits per heavy atom. The predicted octanol–water partition coefficient (Wildman–Crippen LogP) is 2.30. The first-order valence-corrected chi connectivity index (χ1v) is 9.00. The third-order valence-corrected chi connectivity index (χ3v) is 5.88. The number of non-ortho nitro benzene ring substituents is 1. The van der Waals surface area contributed by atoms with Crippen LogP contribution >= 0.6 is 0 Å². The Morgan fingerprint density at radius 2 is 2.24 bits per heavy atom. The number of aliphatic hydroxyl groups is 1. The molecule has 0 aromatic heterocycles. The minimum atomic E-state index is -3.70. The maximum absolute atomic E-state index is 14.4. The Kier molecular flexibility index (Phi) is 5.75. The van der Waals surface area contributed by atoms with Crippen molar-refractivity contribution < 1.29 is 27.8 Å². The zero-order valence-corrected chi connectivity index (χ0v) is 14.6. The monoisotopic (exact) mass is 378 g/mol. The van der Waals surface area contributed by atoms with E-state index in [-0.39, 0.29) is 24.3 Å². The van der Waals surface area contributed by atoms with E-state index >= 15 is 0 Å². The first-order chi connectivity index (χ1) is 11.7. The van der Waals surface area contributed by atoms with Crippen LogP contribution in [0.15, 0.2) is 18.2 Å². The summed E-state index contributed by atoms with van der Waals surface area (Å²) < 4.78 is 49.0. The van der Waals surface area contributed by atoms with Gasteiger partial charge in [0.1, 0.15) is 12.4 Å². The summed E-state index contributed by atoms with van der Waals surface area (Å²) in [5, 5.41) is 19.6. The number of halogens is 2. The highest BCUT2D eigenvalue weighted by atomic mass is 32.2. The molecule has 1 heterocycles. The molecule has 0 radical (unpaired) electrons. The van der Waals surface area contributed by atoms with E-state index < -0.39 is 39.4 Å². The molecule has 1 aromatic carbocycles. The van der Waals surface area contributed by atoms with Crippen molar-refractivity contribution in [3.8, 4) is 5.75 Å². The standard InChI is InChI=1S/C15H20F2N2O5S/c1-3-10(2)25(23)18-15(14(16,17)9-20)7-6-11-8-12(19(21)22)4-5-13(11)24-15/h4-5,8,10,18,20H,3,6-7,9H2,1-2H3/t10-,15-,25?/m1/s1. The minimum Gasteiger partial charge on any atom is -0.465 e. The molecule has 0 saturated carbocycles. The Hall–Kier alpha value is -1.65. The van der Waals surface area contributed by atoms with Gasteiger partial charge in [-0.15, -0.1) is 0 Å². The molecule has 0 saturated heterocycles. The lowest BCUT2D eigenvalue weighted by atomic mass is 9.93. The Morgan fingerprint density at radius 3 is 2.80 bits per heavy atom. The molecule has 10 heteroatoms. The number of benzene rings is 1. The predicted molar refractivity (Wildman–Crippen MR) is 87.8 cm³/mol. The van der Waals surface area contributed by atoms with Gasteiger partial charge >= 0.3 is 5.92 Å². The third kappa shape index (κ3) is 3.80. The van der Waals surface area contributed by atoms with Crippen molar-refractivity contribution in [3.63, 3.8) is 0 Å². The van der Waals surface area contributed by atoms with E-state index in [0.29, 0.717) is 12.0 Å². The Labute approximate surface area is 146 Å². The quantitative estimate of drug-likeness (QED) is 0.560.